The van der Waals surface area contributed by atoms with Crippen LogP contribution in [0.15, 0.2) is 18.2 Å². The van der Waals surface area contributed by atoms with Crippen LogP contribution in [0, 0.1) is 17.2 Å². The van der Waals surface area contributed by atoms with E-state index < -0.39 is 0 Å². The fraction of sp³-hybridized carbons (Fsp3) is 0.533. The van der Waals surface area contributed by atoms with Gasteiger partial charge in [-0.15, -0.1) is 0 Å². The van der Waals surface area contributed by atoms with Gasteiger partial charge in [-0.05, 0) is 43.4 Å². The van der Waals surface area contributed by atoms with E-state index >= 15 is 0 Å². The van der Waals surface area contributed by atoms with Gasteiger partial charge in [0.25, 0.3) is 0 Å². The molecule has 0 amide bonds. The first-order valence-corrected chi connectivity index (χ1v) is 6.79. The molecule has 0 spiro atoms. The molecule has 1 aromatic carbocycles. The zero-order chi connectivity index (χ0) is 13.0. The molecule has 1 fully saturated rings. The van der Waals surface area contributed by atoms with Crippen LogP contribution in [0.2, 0.25) is 0 Å². The summed E-state index contributed by atoms with van der Waals surface area (Å²) in [6.45, 7) is 4.43. The highest BCUT2D eigenvalue weighted by Crippen LogP contribution is 2.28. The predicted octanol–water partition coefficient (Wildman–Crippen LogP) is 3.16. The van der Waals surface area contributed by atoms with E-state index in [1.54, 1.807) is 6.07 Å². The molecule has 0 aliphatic carbocycles. The average Bonchev–Trinajstić information content (AvgIpc) is 2.63. The van der Waals surface area contributed by atoms with Crippen molar-refractivity contribution in [1.82, 2.24) is 0 Å². The molecule has 0 bridgehead atoms. The Balaban J connectivity index is 2.14. The molecule has 1 aromatic rings. The lowest BCUT2D eigenvalue weighted by Crippen LogP contribution is -2.25. The number of nitrogens with zero attached hydrogens (tertiary/aromatic N) is 2. The zero-order valence-electron chi connectivity index (χ0n) is 11.0. The highest BCUT2D eigenvalue weighted by atomic mass is 15.1. The number of nitrogens with two attached hydrogens (primary N) is 1. The Bertz CT molecular complexity index is 448. The SMILES string of the molecule is CCC1CCCN(c2ccc(C#N)cc2N)CC1. The Morgan fingerprint density at radius 2 is 2.22 bits per heavy atom. The zero-order valence-corrected chi connectivity index (χ0v) is 11.0. The maximum absolute atomic E-state index is 8.86. The Morgan fingerprint density at radius 3 is 2.89 bits per heavy atom. The van der Waals surface area contributed by atoms with Gasteiger partial charge in [0.15, 0.2) is 0 Å². The maximum atomic E-state index is 8.86. The summed E-state index contributed by atoms with van der Waals surface area (Å²) in [6.07, 6.45) is 5.08. The van der Waals surface area contributed by atoms with E-state index in [0.29, 0.717) is 5.56 Å². The fourth-order valence-corrected chi connectivity index (χ4v) is 2.73. The first-order chi connectivity index (χ1) is 8.74. The van der Waals surface area contributed by atoms with Gasteiger partial charge in [0.2, 0.25) is 0 Å². The van der Waals surface area contributed by atoms with E-state index in [1.807, 2.05) is 12.1 Å². The summed E-state index contributed by atoms with van der Waals surface area (Å²) >= 11 is 0. The second kappa shape index (κ2) is 5.77. The van der Waals surface area contributed by atoms with Gasteiger partial charge >= 0.3 is 0 Å². The molecule has 3 heteroatoms. The number of anilines is 2. The minimum absolute atomic E-state index is 0.637. The van der Waals surface area contributed by atoms with Crippen molar-refractivity contribution in [2.24, 2.45) is 5.92 Å². The molecule has 18 heavy (non-hydrogen) atoms. The van der Waals surface area contributed by atoms with Crippen LogP contribution in [-0.4, -0.2) is 13.1 Å². The largest absolute Gasteiger partial charge is 0.397 e. The Labute approximate surface area is 109 Å². The summed E-state index contributed by atoms with van der Waals surface area (Å²) in [5.74, 6) is 0.856. The van der Waals surface area contributed by atoms with Gasteiger partial charge in [0.05, 0.1) is 23.0 Å². The molecule has 1 saturated heterocycles. The third-order valence-electron chi connectivity index (χ3n) is 3.92. The summed E-state index contributed by atoms with van der Waals surface area (Å²) in [6, 6.07) is 7.74. The van der Waals surface area contributed by atoms with Gasteiger partial charge in [0, 0.05) is 13.1 Å². The molecule has 1 heterocycles. The molecule has 2 rings (SSSR count). The van der Waals surface area contributed by atoms with Gasteiger partial charge in [-0.2, -0.15) is 5.26 Å². The summed E-state index contributed by atoms with van der Waals surface area (Å²) < 4.78 is 0. The van der Waals surface area contributed by atoms with Crippen LogP contribution in [0.1, 0.15) is 38.2 Å². The van der Waals surface area contributed by atoms with Gasteiger partial charge < -0.3 is 10.6 Å². The van der Waals surface area contributed by atoms with Crippen LogP contribution in [0.25, 0.3) is 0 Å². The van der Waals surface area contributed by atoms with E-state index in [0.717, 1.165) is 30.4 Å². The van der Waals surface area contributed by atoms with E-state index in [4.69, 9.17) is 11.0 Å². The molecule has 0 saturated carbocycles. The molecular formula is C15H21N3. The van der Waals surface area contributed by atoms with Crippen LogP contribution in [0.5, 0.6) is 0 Å². The smallest absolute Gasteiger partial charge is 0.0992 e. The van der Waals surface area contributed by atoms with Crippen molar-refractivity contribution < 1.29 is 0 Å². The van der Waals surface area contributed by atoms with Gasteiger partial charge in [-0.1, -0.05) is 13.3 Å². The molecule has 0 aromatic heterocycles. The van der Waals surface area contributed by atoms with Crippen LogP contribution < -0.4 is 10.6 Å². The minimum Gasteiger partial charge on any atom is -0.397 e. The van der Waals surface area contributed by atoms with Gasteiger partial charge in [-0.25, -0.2) is 0 Å². The van der Waals surface area contributed by atoms with Crippen molar-refractivity contribution in [2.75, 3.05) is 23.7 Å². The Kier molecular flexibility index (Phi) is 4.09. The van der Waals surface area contributed by atoms with E-state index in [1.165, 1.54) is 25.7 Å². The average molecular weight is 243 g/mol. The van der Waals surface area contributed by atoms with Crippen LogP contribution in [-0.2, 0) is 0 Å². The molecule has 0 radical (unpaired) electrons. The number of rotatable bonds is 2. The molecular weight excluding hydrogens is 222 g/mol. The lowest BCUT2D eigenvalue weighted by atomic mass is 9.98. The molecule has 96 valence electrons. The highest BCUT2D eigenvalue weighted by Gasteiger charge is 2.17. The molecule has 3 nitrogen and oxygen atoms in total. The monoisotopic (exact) mass is 243 g/mol. The van der Waals surface area contributed by atoms with Gasteiger partial charge in [-0.3, -0.25) is 0 Å². The Hall–Kier alpha value is -1.69. The lowest BCUT2D eigenvalue weighted by Gasteiger charge is -2.24. The number of hydrogen-bond acceptors (Lipinski definition) is 3. The van der Waals surface area contributed by atoms with E-state index in [2.05, 4.69) is 17.9 Å². The van der Waals surface area contributed by atoms with Crippen molar-refractivity contribution >= 4 is 11.4 Å². The normalized spacial score (nSPS) is 20.2. The van der Waals surface area contributed by atoms with E-state index in [-0.39, 0.29) is 0 Å². The van der Waals surface area contributed by atoms with Gasteiger partial charge in [0.1, 0.15) is 0 Å². The number of hydrogen-bond donors (Lipinski definition) is 1. The summed E-state index contributed by atoms with van der Waals surface area (Å²) in [4.78, 5) is 2.37. The summed E-state index contributed by atoms with van der Waals surface area (Å²) in [5.41, 5.74) is 8.50. The third kappa shape index (κ3) is 2.76. The van der Waals surface area contributed by atoms with E-state index in [9.17, 15) is 0 Å². The topological polar surface area (TPSA) is 53.0 Å². The third-order valence-corrected chi connectivity index (χ3v) is 3.92. The highest BCUT2D eigenvalue weighted by molar-refractivity contribution is 5.69. The molecule has 2 N–H and O–H groups in total. The molecule has 1 aliphatic heterocycles. The predicted molar refractivity (Wildman–Crippen MR) is 75.4 cm³/mol. The van der Waals surface area contributed by atoms with Crippen LogP contribution in [0.4, 0.5) is 11.4 Å². The van der Waals surface area contributed by atoms with Crippen molar-refractivity contribution in [3.05, 3.63) is 23.8 Å². The second-order valence-electron chi connectivity index (χ2n) is 5.08. The van der Waals surface area contributed by atoms with Crippen LogP contribution >= 0.6 is 0 Å². The fourth-order valence-electron chi connectivity index (χ4n) is 2.73. The molecule has 1 aliphatic rings. The molecule has 1 atom stereocenters. The summed E-state index contributed by atoms with van der Waals surface area (Å²) in [7, 11) is 0. The molecule has 1 unspecified atom stereocenters. The maximum Gasteiger partial charge on any atom is 0.0992 e. The van der Waals surface area contributed by atoms with Crippen molar-refractivity contribution in [2.45, 2.75) is 32.6 Å². The number of benzene rings is 1. The first kappa shape index (κ1) is 12.8. The first-order valence-electron chi connectivity index (χ1n) is 6.79. The van der Waals surface area contributed by atoms with Crippen molar-refractivity contribution in [3.8, 4) is 6.07 Å². The number of nitrogen functional groups attached to an aromatic ring is 1. The standard InChI is InChI=1S/C15H21N3/c1-2-12-4-3-8-18(9-7-12)15-6-5-13(11-16)10-14(15)17/h5-6,10,12H,2-4,7-9,17H2,1H3. The van der Waals surface area contributed by atoms with Crippen LogP contribution in [0.3, 0.4) is 0 Å². The minimum atomic E-state index is 0.637. The summed E-state index contributed by atoms with van der Waals surface area (Å²) in [5, 5.41) is 8.86. The van der Waals surface area contributed by atoms with Crippen molar-refractivity contribution in [1.29, 1.82) is 5.26 Å². The van der Waals surface area contributed by atoms with Crippen molar-refractivity contribution in [3.63, 3.8) is 0 Å². The quantitative estimate of drug-likeness (QED) is 0.812. The second-order valence-corrected chi connectivity index (χ2v) is 5.08. The number of nitriles is 1. The lowest BCUT2D eigenvalue weighted by molar-refractivity contribution is 0.459. The Morgan fingerprint density at radius 1 is 1.39 bits per heavy atom.